The molecule has 1 aliphatic carbocycles. The van der Waals surface area contributed by atoms with Crippen LogP contribution < -0.4 is 10.1 Å². The molecule has 0 spiro atoms. The van der Waals surface area contributed by atoms with Crippen LogP contribution in [0.4, 0.5) is 5.69 Å². The number of carbonyl (C=O) groups excluding carboxylic acids is 1. The van der Waals surface area contributed by atoms with E-state index in [1.165, 1.54) is 5.56 Å². The molecule has 3 aromatic carbocycles. The van der Waals surface area contributed by atoms with E-state index in [0.29, 0.717) is 24.3 Å². The van der Waals surface area contributed by atoms with Gasteiger partial charge in [-0.05, 0) is 72.7 Å². The molecule has 0 aromatic heterocycles. The van der Waals surface area contributed by atoms with Gasteiger partial charge in [0, 0.05) is 17.7 Å². The van der Waals surface area contributed by atoms with E-state index in [0.717, 1.165) is 28.9 Å². The van der Waals surface area contributed by atoms with Crippen LogP contribution in [-0.4, -0.2) is 23.6 Å². The summed E-state index contributed by atoms with van der Waals surface area (Å²) in [5, 5.41) is 12.2. The molecule has 0 heterocycles. The number of aryl methyl sites for hydroxylation is 2. The molecular formula is C27H27NO4. The van der Waals surface area contributed by atoms with Gasteiger partial charge in [0.05, 0.1) is 12.5 Å². The van der Waals surface area contributed by atoms with Gasteiger partial charge in [-0.25, -0.2) is 0 Å². The molecule has 0 aliphatic heterocycles. The predicted molar refractivity (Wildman–Crippen MR) is 124 cm³/mol. The quantitative estimate of drug-likeness (QED) is 0.505. The first-order valence-corrected chi connectivity index (χ1v) is 10.8. The maximum absolute atomic E-state index is 12.9. The van der Waals surface area contributed by atoms with Gasteiger partial charge in [-0.3, -0.25) is 9.59 Å². The molecule has 2 atom stereocenters. The van der Waals surface area contributed by atoms with Crippen molar-refractivity contribution in [2.45, 2.75) is 32.6 Å². The second-order valence-electron chi connectivity index (χ2n) is 8.38. The first-order valence-electron chi connectivity index (χ1n) is 10.8. The van der Waals surface area contributed by atoms with Crippen LogP contribution in [0, 0.1) is 19.8 Å². The second kappa shape index (κ2) is 9.27. The minimum absolute atomic E-state index is 0.0257. The smallest absolute Gasteiger partial charge is 0.307 e. The number of carboxylic acid groups (broad SMARTS) is 1. The summed E-state index contributed by atoms with van der Waals surface area (Å²) in [4.78, 5) is 24.1. The fraction of sp³-hybridized carbons (Fsp3) is 0.259. The molecule has 1 amide bonds. The molecule has 0 bridgehead atoms. The Kier molecular flexibility index (Phi) is 6.26. The number of ether oxygens (including phenoxy) is 1. The van der Waals surface area contributed by atoms with Crippen LogP contribution in [0.15, 0.2) is 66.7 Å². The Morgan fingerprint density at radius 2 is 1.78 bits per heavy atom. The molecule has 0 saturated heterocycles. The summed E-state index contributed by atoms with van der Waals surface area (Å²) in [6.07, 6.45) is 1.47. The molecule has 0 unspecified atom stereocenters. The van der Waals surface area contributed by atoms with E-state index < -0.39 is 5.97 Å². The van der Waals surface area contributed by atoms with Crippen molar-refractivity contribution in [1.82, 2.24) is 0 Å². The number of hydrogen-bond donors (Lipinski definition) is 2. The van der Waals surface area contributed by atoms with Gasteiger partial charge in [0.15, 0.2) is 0 Å². The van der Waals surface area contributed by atoms with Gasteiger partial charge in [-0.15, -0.1) is 0 Å². The van der Waals surface area contributed by atoms with Crippen molar-refractivity contribution in [3.8, 4) is 5.75 Å². The molecule has 0 radical (unpaired) electrons. The zero-order valence-electron chi connectivity index (χ0n) is 18.3. The standard InChI is InChI=1S/C27H27NO4/c1-17-8-9-20(23-16-24(23)27(30)31)15-25(17)28-26(29)22-11-10-21(14-18(22)2)32-13-12-19-6-4-3-5-7-19/h3-11,14-15,23-24H,12-13,16H2,1-2H3,(H,28,29)(H,30,31)/t23-,24-/m1/s1. The normalized spacial score (nSPS) is 16.9. The summed E-state index contributed by atoms with van der Waals surface area (Å²) >= 11 is 0. The lowest BCUT2D eigenvalue weighted by atomic mass is 10.0. The number of amides is 1. The summed E-state index contributed by atoms with van der Waals surface area (Å²) in [7, 11) is 0. The van der Waals surface area contributed by atoms with Crippen LogP contribution in [0.5, 0.6) is 5.75 Å². The van der Waals surface area contributed by atoms with Crippen molar-refractivity contribution in [1.29, 1.82) is 0 Å². The Labute approximate surface area is 188 Å². The maximum Gasteiger partial charge on any atom is 0.307 e. The third-order valence-electron chi connectivity index (χ3n) is 5.99. The summed E-state index contributed by atoms with van der Waals surface area (Å²) in [6.45, 7) is 4.39. The van der Waals surface area contributed by atoms with Crippen LogP contribution in [-0.2, 0) is 11.2 Å². The molecule has 1 aliphatic rings. The highest BCUT2D eigenvalue weighted by Crippen LogP contribution is 2.48. The SMILES string of the molecule is Cc1ccc([C@H]2C[C@H]2C(=O)O)cc1NC(=O)c1ccc(OCCc2ccccc2)cc1C. The molecule has 5 nitrogen and oxygen atoms in total. The van der Waals surface area contributed by atoms with E-state index in [2.05, 4.69) is 17.4 Å². The largest absolute Gasteiger partial charge is 0.493 e. The summed E-state index contributed by atoms with van der Waals surface area (Å²) in [5.41, 5.74) is 5.25. The fourth-order valence-corrected chi connectivity index (χ4v) is 3.94. The topological polar surface area (TPSA) is 75.6 Å². The van der Waals surface area contributed by atoms with Crippen LogP contribution in [0.25, 0.3) is 0 Å². The summed E-state index contributed by atoms with van der Waals surface area (Å²) in [6, 6.07) is 21.4. The molecule has 32 heavy (non-hydrogen) atoms. The first-order chi connectivity index (χ1) is 15.4. The number of aliphatic carboxylic acids is 1. The molecule has 1 saturated carbocycles. The zero-order valence-corrected chi connectivity index (χ0v) is 18.3. The van der Waals surface area contributed by atoms with Crippen molar-refractivity contribution in [2.24, 2.45) is 5.92 Å². The lowest BCUT2D eigenvalue weighted by molar-refractivity contribution is -0.138. The number of nitrogens with one attached hydrogen (secondary N) is 1. The predicted octanol–water partition coefficient (Wildman–Crippen LogP) is 5.37. The number of rotatable bonds is 8. The average molecular weight is 430 g/mol. The minimum atomic E-state index is -0.761. The lowest BCUT2D eigenvalue weighted by Crippen LogP contribution is -2.14. The van der Waals surface area contributed by atoms with Crippen molar-refractivity contribution < 1.29 is 19.4 Å². The van der Waals surface area contributed by atoms with Gasteiger partial charge in [-0.1, -0.05) is 42.5 Å². The van der Waals surface area contributed by atoms with E-state index in [1.807, 2.05) is 62.4 Å². The number of hydrogen-bond acceptors (Lipinski definition) is 3. The zero-order chi connectivity index (χ0) is 22.7. The van der Waals surface area contributed by atoms with Gasteiger partial charge >= 0.3 is 5.97 Å². The van der Waals surface area contributed by atoms with Crippen LogP contribution in [0.1, 0.15) is 45.0 Å². The molecule has 2 N–H and O–H groups in total. The molecule has 164 valence electrons. The third-order valence-corrected chi connectivity index (χ3v) is 5.99. The van der Waals surface area contributed by atoms with E-state index in [1.54, 1.807) is 6.07 Å². The van der Waals surface area contributed by atoms with Crippen molar-refractivity contribution >= 4 is 17.6 Å². The Morgan fingerprint density at radius 1 is 1.00 bits per heavy atom. The van der Waals surface area contributed by atoms with E-state index >= 15 is 0 Å². The minimum Gasteiger partial charge on any atom is -0.493 e. The lowest BCUT2D eigenvalue weighted by Gasteiger charge is -2.13. The molecule has 1 fully saturated rings. The van der Waals surface area contributed by atoms with Gasteiger partial charge in [0.1, 0.15) is 5.75 Å². The number of anilines is 1. The Morgan fingerprint density at radius 3 is 2.47 bits per heavy atom. The van der Waals surface area contributed by atoms with Crippen molar-refractivity contribution in [3.05, 3.63) is 94.5 Å². The highest BCUT2D eigenvalue weighted by molar-refractivity contribution is 6.05. The Balaban J connectivity index is 1.40. The highest BCUT2D eigenvalue weighted by atomic mass is 16.5. The van der Waals surface area contributed by atoms with E-state index in [-0.39, 0.29) is 17.7 Å². The molecule has 4 rings (SSSR count). The Hall–Kier alpha value is -3.60. The van der Waals surface area contributed by atoms with E-state index in [4.69, 9.17) is 4.74 Å². The first kappa shape index (κ1) is 21.6. The second-order valence-corrected chi connectivity index (χ2v) is 8.38. The summed E-state index contributed by atoms with van der Waals surface area (Å²) in [5.74, 6) is -0.510. The van der Waals surface area contributed by atoms with Gasteiger partial charge < -0.3 is 15.2 Å². The van der Waals surface area contributed by atoms with Gasteiger partial charge in [0.2, 0.25) is 0 Å². The fourth-order valence-electron chi connectivity index (χ4n) is 3.94. The third kappa shape index (κ3) is 4.99. The highest BCUT2D eigenvalue weighted by Gasteiger charge is 2.44. The number of carboxylic acids is 1. The number of carbonyl (C=O) groups is 2. The molecular weight excluding hydrogens is 402 g/mol. The number of benzene rings is 3. The van der Waals surface area contributed by atoms with Gasteiger partial charge in [0.25, 0.3) is 5.91 Å². The Bertz CT molecular complexity index is 1140. The molecule has 3 aromatic rings. The van der Waals surface area contributed by atoms with Crippen molar-refractivity contribution in [3.63, 3.8) is 0 Å². The monoisotopic (exact) mass is 429 g/mol. The molecule has 5 heteroatoms. The maximum atomic E-state index is 12.9. The van der Waals surface area contributed by atoms with Crippen LogP contribution in [0.3, 0.4) is 0 Å². The van der Waals surface area contributed by atoms with Gasteiger partial charge in [-0.2, -0.15) is 0 Å². The van der Waals surface area contributed by atoms with Crippen LogP contribution in [0.2, 0.25) is 0 Å². The van der Waals surface area contributed by atoms with E-state index in [9.17, 15) is 14.7 Å². The van der Waals surface area contributed by atoms with Crippen molar-refractivity contribution in [2.75, 3.05) is 11.9 Å². The van der Waals surface area contributed by atoms with Crippen LogP contribution >= 0.6 is 0 Å². The average Bonchev–Trinajstić information content (AvgIpc) is 3.57. The summed E-state index contributed by atoms with van der Waals surface area (Å²) < 4.78 is 5.86.